The number of carboxylic acids is 1. The zero-order valence-corrected chi connectivity index (χ0v) is 15.8. The molecule has 1 unspecified atom stereocenters. The SMILES string of the molecule is C[C@H]1C[C@H](O)CN1c1nc(N2C[C@@H]3C(CC(=O)O)[C@@H]3C2)c(Cl)c(C(F)(F)F)n1. The first-order chi connectivity index (χ1) is 13.1. The van der Waals surface area contributed by atoms with Crippen LogP contribution in [-0.4, -0.2) is 57.9 Å². The minimum Gasteiger partial charge on any atom is -0.481 e. The maximum atomic E-state index is 13.5. The first kappa shape index (κ1) is 19.5. The molecule has 154 valence electrons. The number of hydrogen-bond donors (Lipinski definition) is 2. The molecule has 3 fully saturated rings. The predicted molar refractivity (Wildman–Crippen MR) is 94.4 cm³/mol. The second-order valence-electron chi connectivity index (χ2n) is 7.89. The van der Waals surface area contributed by atoms with E-state index in [1.54, 1.807) is 16.7 Å². The van der Waals surface area contributed by atoms with Gasteiger partial charge in [0, 0.05) is 32.1 Å². The number of piperidine rings is 1. The van der Waals surface area contributed by atoms with Crippen LogP contribution in [0.15, 0.2) is 0 Å². The summed E-state index contributed by atoms with van der Waals surface area (Å²) in [6.45, 7) is 2.80. The minimum absolute atomic E-state index is 0.0221. The van der Waals surface area contributed by atoms with Gasteiger partial charge < -0.3 is 20.0 Å². The van der Waals surface area contributed by atoms with Crippen LogP contribution in [0.4, 0.5) is 24.9 Å². The maximum Gasteiger partial charge on any atom is 0.435 e. The molecule has 3 heterocycles. The second kappa shape index (κ2) is 6.62. The Balaban J connectivity index is 1.64. The number of rotatable bonds is 4. The molecule has 2 aliphatic heterocycles. The summed E-state index contributed by atoms with van der Waals surface area (Å²) in [5, 5.41) is 18.2. The highest BCUT2D eigenvalue weighted by Gasteiger charge is 2.57. The number of carbonyl (C=O) groups is 1. The van der Waals surface area contributed by atoms with E-state index in [-0.39, 0.29) is 48.5 Å². The van der Waals surface area contributed by atoms with Crippen molar-refractivity contribution in [1.82, 2.24) is 9.97 Å². The standard InChI is InChI=1S/C17H20ClF3N4O3/c1-7-2-8(26)4-25(7)16-22-14(17(19,20)21)13(18)15(23-16)24-5-10-9(3-12(27)28)11(10)6-24/h7-11,26H,2-6H2,1H3,(H,27,28)/t7-,8-,9?,10-,11+/m0/s1. The number of anilines is 2. The van der Waals surface area contributed by atoms with Crippen LogP contribution in [0.25, 0.3) is 0 Å². The number of fused-ring (bicyclic) bond motifs is 1. The number of aliphatic hydroxyl groups excluding tert-OH is 1. The van der Waals surface area contributed by atoms with Crippen molar-refractivity contribution in [3.63, 3.8) is 0 Å². The fourth-order valence-corrected chi connectivity index (χ4v) is 4.87. The molecular weight excluding hydrogens is 401 g/mol. The van der Waals surface area contributed by atoms with Gasteiger partial charge in [0.1, 0.15) is 5.02 Å². The van der Waals surface area contributed by atoms with Gasteiger partial charge in [0.05, 0.1) is 6.10 Å². The van der Waals surface area contributed by atoms with E-state index in [9.17, 15) is 23.1 Å². The Morgan fingerprint density at radius 1 is 1.25 bits per heavy atom. The summed E-state index contributed by atoms with van der Waals surface area (Å²) >= 11 is 6.05. The van der Waals surface area contributed by atoms with Crippen LogP contribution < -0.4 is 9.80 Å². The molecule has 11 heteroatoms. The zero-order valence-electron chi connectivity index (χ0n) is 15.0. The van der Waals surface area contributed by atoms with Gasteiger partial charge in [-0.2, -0.15) is 18.2 Å². The van der Waals surface area contributed by atoms with Crippen molar-refractivity contribution >= 4 is 29.3 Å². The van der Waals surface area contributed by atoms with Gasteiger partial charge in [-0.25, -0.2) is 4.98 Å². The molecule has 0 aromatic carbocycles. The minimum atomic E-state index is -4.74. The van der Waals surface area contributed by atoms with Gasteiger partial charge >= 0.3 is 12.1 Å². The summed E-state index contributed by atoms with van der Waals surface area (Å²) < 4.78 is 40.6. The van der Waals surface area contributed by atoms with Crippen molar-refractivity contribution in [2.24, 2.45) is 17.8 Å². The van der Waals surface area contributed by atoms with Crippen molar-refractivity contribution in [2.75, 3.05) is 29.4 Å². The van der Waals surface area contributed by atoms with Crippen LogP contribution in [0, 0.1) is 17.8 Å². The lowest BCUT2D eigenvalue weighted by Crippen LogP contribution is -2.32. The summed E-state index contributed by atoms with van der Waals surface area (Å²) in [7, 11) is 0. The molecule has 1 aromatic rings. The number of halogens is 4. The Morgan fingerprint density at radius 3 is 2.39 bits per heavy atom. The lowest BCUT2D eigenvalue weighted by Gasteiger charge is -2.27. The number of β-amino-alcohol motifs (C(OH)–C–C–N with tert-alkyl or cyclic N) is 1. The lowest BCUT2D eigenvalue weighted by molar-refractivity contribution is -0.141. The molecule has 5 atom stereocenters. The number of nitrogens with zero attached hydrogens (tertiary/aromatic N) is 4. The molecule has 7 nitrogen and oxygen atoms in total. The molecule has 2 saturated heterocycles. The van der Waals surface area contributed by atoms with E-state index >= 15 is 0 Å². The maximum absolute atomic E-state index is 13.5. The van der Waals surface area contributed by atoms with Crippen LogP contribution in [0.1, 0.15) is 25.5 Å². The second-order valence-corrected chi connectivity index (χ2v) is 8.27. The molecule has 0 radical (unpaired) electrons. The van der Waals surface area contributed by atoms with Gasteiger partial charge in [-0.1, -0.05) is 11.6 Å². The normalized spacial score (nSPS) is 32.0. The fourth-order valence-electron chi connectivity index (χ4n) is 4.56. The van der Waals surface area contributed by atoms with Crippen LogP contribution >= 0.6 is 11.6 Å². The van der Waals surface area contributed by atoms with E-state index in [2.05, 4.69) is 9.97 Å². The molecule has 2 N–H and O–H groups in total. The number of aliphatic carboxylic acids is 1. The van der Waals surface area contributed by atoms with Crippen LogP contribution in [0.5, 0.6) is 0 Å². The number of aliphatic hydroxyl groups is 1. The smallest absolute Gasteiger partial charge is 0.435 e. The van der Waals surface area contributed by atoms with Crippen molar-refractivity contribution in [3.05, 3.63) is 10.7 Å². The summed E-state index contributed by atoms with van der Waals surface area (Å²) in [6.07, 6.45) is -4.89. The van der Waals surface area contributed by atoms with Crippen molar-refractivity contribution in [2.45, 2.75) is 38.1 Å². The van der Waals surface area contributed by atoms with E-state index < -0.39 is 29.0 Å². The summed E-state index contributed by atoms with van der Waals surface area (Å²) in [6, 6.07) is -0.197. The number of alkyl halides is 3. The zero-order chi connectivity index (χ0) is 20.4. The first-order valence-electron chi connectivity index (χ1n) is 9.12. The lowest BCUT2D eigenvalue weighted by atomic mass is 10.2. The Morgan fingerprint density at radius 2 is 1.89 bits per heavy atom. The van der Waals surface area contributed by atoms with Crippen molar-refractivity contribution in [1.29, 1.82) is 0 Å². The van der Waals surface area contributed by atoms with Gasteiger partial charge in [0.2, 0.25) is 5.95 Å². The van der Waals surface area contributed by atoms with E-state index in [1.165, 1.54) is 0 Å². The highest BCUT2D eigenvalue weighted by atomic mass is 35.5. The topological polar surface area (TPSA) is 89.8 Å². The number of aromatic nitrogens is 2. The molecule has 0 spiro atoms. The molecule has 1 aliphatic carbocycles. The molecule has 1 saturated carbocycles. The molecule has 1 aromatic heterocycles. The molecule has 0 bridgehead atoms. The quantitative estimate of drug-likeness (QED) is 0.772. The molecule has 28 heavy (non-hydrogen) atoms. The third-order valence-corrected chi connectivity index (χ3v) is 6.33. The van der Waals surface area contributed by atoms with E-state index in [4.69, 9.17) is 16.7 Å². The Hall–Kier alpha value is -1.81. The van der Waals surface area contributed by atoms with Gasteiger partial charge in [-0.15, -0.1) is 0 Å². The fraction of sp³-hybridized carbons (Fsp3) is 0.706. The highest BCUT2D eigenvalue weighted by Crippen LogP contribution is 2.55. The van der Waals surface area contributed by atoms with E-state index in [1.807, 2.05) is 0 Å². The van der Waals surface area contributed by atoms with E-state index in [0.29, 0.717) is 19.5 Å². The third-order valence-electron chi connectivity index (χ3n) is 5.98. The van der Waals surface area contributed by atoms with Crippen LogP contribution in [0.2, 0.25) is 5.02 Å². The molecule has 4 rings (SSSR count). The Bertz CT molecular complexity index is 797. The largest absolute Gasteiger partial charge is 0.481 e. The average Bonchev–Trinajstić information content (AvgIpc) is 2.93. The molecular formula is C17H20ClF3N4O3. The Kier molecular flexibility index (Phi) is 4.61. The van der Waals surface area contributed by atoms with Gasteiger partial charge in [-0.3, -0.25) is 4.79 Å². The van der Waals surface area contributed by atoms with Gasteiger partial charge in [0.15, 0.2) is 11.5 Å². The van der Waals surface area contributed by atoms with E-state index in [0.717, 1.165) is 0 Å². The number of carboxylic acid groups (broad SMARTS) is 1. The summed E-state index contributed by atoms with van der Waals surface area (Å²) in [5.74, 6) is -0.619. The van der Waals surface area contributed by atoms with Gasteiger partial charge in [0.25, 0.3) is 0 Å². The highest BCUT2D eigenvalue weighted by molar-refractivity contribution is 6.33. The summed E-state index contributed by atoms with van der Waals surface area (Å²) in [4.78, 5) is 22.1. The Labute approximate surface area is 164 Å². The van der Waals surface area contributed by atoms with Crippen molar-refractivity contribution < 1.29 is 28.2 Å². The third kappa shape index (κ3) is 3.36. The van der Waals surface area contributed by atoms with Crippen LogP contribution in [-0.2, 0) is 11.0 Å². The first-order valence-corrected chi connectivity index (χ1v) is 9.50. The number of hydrogen-bond acceptors (Lipinski definition) is 6. The van der Waals surface area contributed by atoms with Crippen molar-refractivity contribution in [3.8, 4) is 0 Å². The average molecular weight is 421 g/mol. The monoisotopic (exact) mass is 420 g/mol. The molecule has 0 amide bonds. The molecule has 3 aliphatic rings. The van der Waals surface area contributed by atoms with Gasteiger partial charge in [-0.05, 0) is 31.1 Å². The summed E-state index contributed by atoms with van der Waals surface area (Å²) in [5.41, 5.74) is -1.19. The predicted octanol–water partition coefficient (Wildman–Crippen LogP) is 2.27. The van der Waals surface area contributed by atoms with Crippen LogP contribution in [0.3, 0.4) is 0 Å².